The van der Waals surface area contributed by atoms with Crippen LogP contribution in [0.15, 0.2) is 0 Å². The summed E-state index contributed by atoms with van der Waals surface area (Å²) in [6, 6.07) is 0.289. The number of aryl methyl sites for hydroxylation is 2. The molecule has 2 rings (SSSR count). The highest BCUT2D eigenvalue weighted by Gasteiger charge is 2.24. The summed E-state index contributed by atoms with van der Waals surface area (Å²) in [5.41, 5.74) is 1.82. The Bertz CT molecular complexity index is 374. The number of halogens is 1. The summed E-state index contributed by atoms with van der Waals surface area (Å²) >= 11 is 3.48. The molecule has 0 radical (unpaired) electrons. The Balaban J connectivity index is 2.23. The maximum Gasteiger partial charge on any atom is 0.246 e. The number of ether oxygens (including phenoxy) is 1. The molecule has 1 aliphatic rings. The zero-order chi connectivity index (χ0) is 11.5. The lowest BCUT2D eigenvalue weighted by molar-refractivity contribution is 0.0994. The second-order valence-electron chi connectivity index (χ2n) is 3.86. The van der Waals surface area contributed by atoms with Gasteiger partial charge in [-0.3, -0.25) is 0 Å². The molecular formula is C10H15BrN4O. The Morgan fingerprint density at radius 2 is 2.19 bits per heavy atom. The van der Waals surface area contributed by atoms with Crippen LogP contribution < -0.4 is 4.90 Å². The minimum absolute atomic E-state index is 0.289. The third-order valence-electron chi connectivity index (χ3n) is 2.74. The molecule has 5 nitrogen and oxygen atoms in total. The van der Waals surface area contributed by atoms with E-state index in [1.54, 1.807) is 0 Å². The highest BCUT2D eigenvalue weighted by Crippen LogP contribution is 2.16. The molecule has 0 aliphatic carbocycles. The summed E-state index contributed by atoms with van der Waals surface area (Å²) in [7, 11) is 0. The van der Waals surface area contributed by atoms with Crippen LogP contribution in [-0.4, -0.2) is 46.3 Å². The van der Waals surface area contributed by atoms with Gasteiger partial charge in [0, 0.05) is 11.9 Å². The lowest BCUT2D eigenvalue weighted by Gasteiger charge is -2.34. The Morgan fingerprint density at radius 3 is 2.88 bits per heavy atom. The molecule has 2 heterocycles. The Morgan fingerprint density at radius 1 is 1.38 bits per heavy atom. The van der Waals surface area contributed by atoms with Gasteiger partial charge in [0.1, 0.15) is 0 Å². The first-order valence-electron chi connectivity index (χ1n) is 5.30. The van der Waals surface area contributed by atoms with Crippen molar-refractivity contribution in [2.24, 2.45) is 0 Å². The molecule has 0 spiro atoms. The first kappa shape index (κ1) is 11.7. The highest BCUT2D eigenvalue weighted by molar-refractivity contribution is 9.09. The van der Waals surface area contributed by atoms with Crippen molar-refractivity contribution in [3.8, 4) is 0 Å². The van der Waals surface area contributed by atoms with Crippen LogP contribution in [0.25, 0.3) is 0 Å². The lowest BCUT2D eigenvalue weighted by atomic mass is 10.3. The fourth-order valence-electron chi connectivity index (χ4n) is 1.61. The van der Waals surface area contributed by atoms with Crippen LogP contribution in [-0.2, 0) is 4.74 Å². The largest absolute Gasteiger partial charge is 0.377 e. The summed E-state index contributed by atoms with van der Waals surface area (Å²) in [4.78, 5) is 6.62. The molecule has 0 N–H and O–H groups in total. The smallest absolute Gasteiger partial charge is 0.246 e. The second kappa shape index (κ2) is 5.05. The number of hydrogen-bond acceptors (Lipinski definition) is 5. The third kappa shape index (κ3) is 2.32. The van der Waals surface area contributed by atoms with Gasteiger partial charge in [-0.15, -0.1) is 5.10 Å². The van der Waals surface area contributed by atoms with E-state index in [0.29, 0.717) is 12.6 Å². The van der Waals surface area contributed by atoms with Crippen LogP contribution in [0.1, 0.15) is 11.4 Å². The molecule has 16 heavy (non-hydrogen) atoms. The van der Waals surface area contributed by atoms with E-state index in [-0.39, 0.29) is 6.04 Å². The van der Waals surface area contributed by atoms with Crippen molar-refractivity contribution < 1.29 is 4.74 Å². The van der Waals surface area contributed by atoms with Crippen LogP contribution >= 0.6 is 15.9 Å². The standard InChI is InChI=1S/C10H15BrN4O/c1-7-8(2)13-14-10(12-7)15-3-4-16-6-9(15)5-11/h9H,3-6H2,1-2H3. The van der Waals surface area contributed by atoms with Gasteiger partial charge in [-0.1, -0.05) is 15.9 Å². The fraction of sp³-hybridized carbons (Fsp3) is 0.700. The molecule has 1 saturated heterocycles. The monoisotopic (exact) mass is 286 g/mol. The Labute approximate surface area is 103 Å². The summed E-state index contributed by atoms with van der Waals surface area (Å²) in [5.74, 6) is 0.704. The van der Waals surface area contributed by atoms with Crippen molar-refractivity contribution in [1.29, 1.82) is 0 Å². The van der Waals surface area contributed by atoms with Crippen molar-refractivity contribution >= 4 is 21.9 Å². The predicted octanol–water partition coefficient (Wildman–Crippen LogP) is 1.09. The van der Waals surface area contributed by atoms with Crippen LogP contribution in [0.3, 0.4) is 0 Å². The predicted molar refractivity (Wildman–Crippen MR) is 65.0 cm³/mol. The van der Waals surface area contributed by atoms with E-state index in [4.69, 9.17) is 4.74 Å². The molecule has 1 aliphatic heterocycles. The number of nitrogens with zero attached hydrogens (tertiary/aromatic N) is 4. The molecule has 1 atom stereocenters. The van der Waals surface area contributed by atoms with Gasteiger partial charge in [0.05, 0.1) is 30.6 Å². The Kier molecular flexibility index (Phi) is 3.70. The first-order chi connectivity index (χ1) is 7.72. The van der Waals surface area contributed by atoms with Crippen molar-refractivity contribution in [3.05, 3.63) is 11.4 Å². The lowest BCUT2D eigenvalue weighted by Crippen LogP contribution is -2.47. The average Bonchev–Trinajstić information content (AvgIpc) is 2.32. The molecule has 0 aromatic carbocycles. The number of aromatic nitrogens is 3. The van der Waals surface area contributed by atoms with Gasteiger partial charge in [0.15, 0.2) is 0 Å². The average molecular weight is 287 g/mol. The minimum Gasteiger partial charge on any atom is -0.377 e. The van der Waals surface area contributed by atoms with Crippen LogP contribution in [0, 0.1) is 13.8 Å². The minimum atomic E-state index is 0.289. The van der Waals surface area contributed by atoms with Gasteiger partial charge in [0.2, 0.25) is 5.95 Å². The number of anilines is 1. The van der Waals surface area contributed by atoms with Gasteiger partial charge in [-0.25, -0.2) is 4.98 Å². The summed E-state index contributed by atoms with van der Waals surface area (Å²) in [6.45, 7) is 6.12. The summed E-state index contributed by atoms with van der Waals surface area (Å²) < 4.78 is 5.43. The number of alkyl halides is 1. The van der Waals surface area contributed by atoms with Gasteiger partial charge in [-0.05, 0) is 13.8 Å². The topological polar surface area (TPSA) is 51.1 Å². The normalized spacial score (nSPS) is 21.2. The van der Waals surface area contributed by atoms with Crippen molar-refractivity contribution in [2.45, 2.75) is 19.9 Å². The van der Waals surface area contributed by atoms with Crippen LogP contribution in [0.4, 0.5) is 5.95 Å². The maximum absolute atomic E-state index is 5.43. The van der Waals surface area contributed by atoms with Crippen molar-refractivity contribution in [3.63, 3.8) is 0 Å². The van der Waals surface area contributed by atoms with E-state index in [1.807, 2.05) is 13.8 Å². The fourth-order valence-corrected chi connectivity index (χ4v) is 2.15. The highest BCUT2D eigenvalue weighted by atomic mass is 79.9. The Hall–Kier alpha value is -0.750. The molecular weight excluding hydrogens is 272 g/mol. The maximum atomic E-state index is 5.43. The van der Waals surface area contributed by atoms with E-state index in [0.717, 1.165) is 29.9 Å². The summed E-state index contributed by atoms with van der Waals surface area (Å²) in [6.07, 6.45) is 0. The zero-order valence-corrected chi connectivity index (χ0v) is 11.1. The van der Waals surface area contributed by atoms with Crippen LogP contribution in [0.2, 0.25) is 0 Å². The quantitative estimate of drug-likeness (QED) is 0.762. The molecule has 6 heteroatoms. The van der Waals surface area contributed by atoms with Crippen LogP contribution in [0.5, 0.6) is 0 Å². The number of hydrogen-bond donors (Lipinski definition) is 0. The molecule has 1 aromatic heterocycles. The SMILES string of the molecule is Cc1nnc(N2CCOCC2CBr)nc1C. The van der Waals surface area contributed by atoms with E-state index in [1.165, 1.54) is 0 Å². The third-order valence-corrected chi connectivity index (χ3v) is 3.49. The molecule has 1 unspecified atom stereocenters. The first-order valence-corrected chi connectivity index (χ1v) is 6.43. The van der Waals surface area contributed by atoms with E-state index in [9.17, 15) is 0 Å². The van der Waals surface area contributed by atoms with E-state index < -0.39 is 0 Å². The van der Waals surface area contributed by atoms with Gasteiger partial charge in [-0.2, -0.15) is 5.10 Å². The number of rotatable bonds is 2. The number of morpholine rings is 1. The molecule has 0 saturated carbocycles. The van der Waals surface area contributed by atoms with Crippen molar-refractivity contribution in [1.82, 2.24) is 15.2 Å². The molecule has 0 bridgehead atoms. The molecule has 1 aromatic rings. The molecule has 88 valence electrons. The van der Waals surface area contributed by atoms with Gasteiger partial charge in [0.25, 0.3) is 0 Å². The molecule has 0 amide bonds. The van der Waals surface area contributed by atoms with E-state index in [2.05, 4.69) is 36.0 Å². The van der Waals surface area contributed by atoms with Gasteiger partial charge >= 0.3 is 0 Å². The zero-order valence-electron chi connectivity index (χ0n) is 9.48. The van der Waals surface area contributed by atoms with Gasteiger partial charge < -0.3 is 9.64 Å². The van der Waals surface area contributed by atoms with E-state index >= 15 is 0 Å². The molecule has 1 fully saturated rings. The second-order valence-corrected chi connectivity index (χ2v) is 4.51. The van der Waals surface area contributed by atoms with Crippen molar-refractivity contribution in [2.75, 3.05) is 30.0 Å². The summed E-state index contributed by atoms with van der Waals surface area (Å²) in [5, 5.41) is 9.11.